The average Bonchev–Trinajstić information content (AvgIpc) is 2.88. The Kier molecular flexibility index (Phi) is 4.04. The van der Waals surface area contributed by atoms with Crippen LogP contribution in [0.1, 0.15) is 30.1 Å². The van der Waals surface area contributed by atoms with Crippen molar-refractivity contribution in [3.05, 3.63) is 55.1 Å². The molecule has 2 unspecified atom stereocenters. The van der Waals surface area contributed by atoms with Crippen molar-refractivity contribution in [3.63, 3.8) is 0 Å². The second-order valence-electron chi connectivity index (χ2n) is 6.18. The molecular formula is C16H13BrClFN4O2. The fourth-order valence-corrected chi connectivity index (χ4v) is 4.11. The van der Waals surface area contributed by atoms with Gasteiger partial charge in [-0.2, -0.15) is 5.10 Å². The van der Waals surface area contributed by atoms with Crippen LogP contribution in [0.3, 0.4) is 0 Å². The first kappa shape index (κ1) is 16.5. The number of hydrogen-bond donors (Lipinski definition) is 2. The van der Waals surface area contributed by atoms with Crippen LogP contribution < -0.4 is 10.9 Å². The predicted octanol–water partition coefficient (Wildman–Crippen LogP) is 3.62. The number of rotatable bonds is 1. The molecule has 1 aromatic carbocycles. The second-order valence-corrected chi connectivity index (χ2v) is 7.44. The van der Waals surface area contributed by atoms with E-state index in [0.29, 0.717) is 16.6 Å². The number of nitrogens with one attached hydrogen (secondary N) is 2. The van der Waals surface area contributed by atoms with Crippen LogP contribution in [0, 0.1) is 5.82 Å². The number of hydrogen-bond acceptors (Lipinski definition) is 3. The van der Waals surface area contributed by atoms with Crippen molar-refractivity contribution < 1.29 is 9.18 Å². The van der Waals surface area contributed by atoms with Gasteiger partial charge in [0, 0.05) is 16.6 Å². The third-order valence-corrected chi connectivity index (χ3v) is 5.88. The van der Waals surface area contributed by atoms with E-state index in [1.54, 1.807) is 11.0 Å². The Bertz CT molecular complexity index is 935. The van der Waals surface area contributed by atoms with Gasteiger partial charge in [0.25, 0.3) is 5.56 Å². The molecule has 6 nitrogen and oxygen atoms in total. The van der Waals surface area contributed by atoms with Gasteiger partial charge >= 0.3 is 6.03 Å². The van der Waals surface area contributed by atoms with Crippen LogP contribution in [0.5, 0.6) is 0 Å². The zero-order valence-electron chi connectivity index (χ0n) is 12.9. The van der Waals surface area contributed by atoms with E-state index in [2.05, 4.69) is 31.4 Å². The summed E-state index contributed by atoms with van der Waals surface area (Å²) in [6.45, 7) is 0. The molecule has 0 saturated carbocycles. The highest BCUT2D eigenvalue weighted by atomic mass is 79.9. The molecule has 0 radical (unpaired) electrons. The van der Waals surface area contributed by atoms with Crippen molar-refractivity contribution in [3.8, 4) is 0 Å². The zero-order valence-corrected chi connectivity index (χ0v) is 15.2. The third kappa shape index (κ3) is 2.83. The summed E-state index contributed by atoms with van der Waals surface area (Å²) >= 11 is 9.07. The van der Waals surface area contributed by atoms with Gasteiger partial charge in [0.1, 0.15) is 5.82 Å². The first-order valence-corrected chi connectivity index (χ1v) is 8.93. The van der Waals surface area contributed by atoms with E-state index in [1.807, 2.05) is 0 Å². The van der Waals surface area contributed by atoms with E-state index < -0.39 is 5.82 Å². The van der Waals surface area contributed by atoms with Crippen LogP contribution in [0.15, 0.2) is 27.5 Å². The highest BCUT2D eigenvalue weighted by Gasteiger charge is 2.44. The van der Waals surface area contributed by atoms with E-state index in [0.717, 1.165) is 24.5 Å². The molecule has 1 saturated heterocycles. The monoisotopic (exact) mass is 426 g/mol. The summed E-state index contributed by atoms with van der Waals surface area (Å²) in [6, 6.07) is 3.49. The summed E-state index contributed by atoms with van der Waals surface area (Å²) in [5.74, 6) is -0.603. The number of nitrogens with zero attached hydrogens (tertiary/aromatic N) is 2. The summed E-state index contributed by atoms with van der Waals surface area (Å²) in [4.78, 5) is 25.9. The molecule has 9 heteroatoms. The lowest BCUT2D eigenvalue weighted by Crippen LogP contribution is -2.45. The first-order chi connectivity index (χ1) is 11.9. The lowest BCUT2D eigenvalue weighted by Gasteiger charge is -2.35. The number of aromatic nitrogens is 2. The third-order valence-electron chi connectivity index (χ3n) is 4.68. The number of benzene rings is 1. The number of halogens is 3. The number of aromatic amines is 1. The minimum atomic E-state index is -0.603. The molecule has 2 aliphatic rings. The standard InChI is InChI=1S/C16H13BrClFN4O2/c17-9-5-12(11(19)6-10(9)18)20-16(25)23-8-1-2-13(23)15-7(3-8)4-14(24)21-22-15/h4-6,8,13H,1-3H2,(H,20,25)(H,21,24). The van der Waals surface area contributed by atoms with E-state index >= 15 is 0 Å². The molecule has 2 bridgehead atoms. The molecular weight excluding hydrogens is 415 g/mol. The van der Waals surface area contributed by atoms with Crippen molar-refractivity contribution in [2.45, 2.75) is 31.3 Å². The number of H-pyrrole nitrogens is 1. The Morgan fingerprint density at radius 2 is 2.20 bits per heavy atom. The minimum Gasteiger partial charge on any atom is -0.313 e. The quantitative estimate of drug-likeness (QED) is 0.682. The Hall–Kier alpha value is -1.93. The van der Waals surface area contributed by atoms with Crippen molar-refractivity contribution >= 4 is 39.2 Å². The molecule has 3 heterocycles. The summed E-state index contributed by atoms with van der Waals surface area (Å²) in [5, 5.41) is 9.40. The van der Waals surface area contributed by atoms with Gasteiger partial charge in [-0.05, 0) is 52.9 Å². The van der Waals surface area contributed by atoms with Gasteiger partial charge in [-0.25, -0.2) is 14.3 Å². The highest BCUT2D eigenvalue weighted by molar-refractivity contribution is 9.10. The molecule has 130 valence electrons. The number of carbonyl (C=O) groups is 1. The summed E-state index contributed by atoms with van der Waals surface area (Å²) in [7, 11) is 0. The van der Waals surface area contributed by atoms with Gasteiger partial charge in [0.05, 0.1) is 22.4 Å². The van der Waals surface area contributed by atoms with Crippen molar-refractivity contribution in [1.29, 1.82) is 0 Å². The molecule has 2 atom stereocenters. The molecule has 2 N–H and O–H groups in total. The molecule has 4 rings (SSSR count). The minimum absolute atomic E-state index is 0.0279. The summed E-state index contributed by atoms with van der Waals surface area (Å²) < 4.78 is 14.6. The van der Waals surface area contributed by atoms with Gasteiger partial charge in [-0.3, -0.25) is 4.79 Å². The lowest BCUT2D eigenvalue weighted by atomic mass is 9.99. The van der Waals surface area contributed by atoms with Gasteiger partial charge in [-0.15, -0.1) is 0 Å². The Morgan fingerprint density at radius 3 is 3.00 bits per heavy atom. The molecule has 2 aromatic rings. The summed E-state index contributed by atoms with van der Waals surface area (Å²) in [6.07, 6.45) is 2.15. The zero-order chi connectivity index (χ0) is 17.7. The fraction of sp³-hybridized carbons (Fsp3) is 0.312. The van der Waals surface area contributed by atoms with Crippen LogP contribution in [0.2, 0.25) is 5.02 Å². The molecule has 1 aromatic heterocycles. The van der Waals surface area contributed by atoms with E-state index in [1.165, 1.54) is 6.07 Å². The highest BCUT2D eigenvalue weighted by Crippen LogP contribution is 2.42. The molecule has 2 amide bonds. The van der Waals surface area contributed by atoms with Crippen LogP contribution in [0.4, 0.5) is 14.9 Å². The average molecular weight is 428 g/mol. The molecule has 0 spiro atoms. The Morgan fingerprint density at radius 1 is 1.40 bits per heavy atom. The van der Waals surface area contributed by atoms with Crippen molar-refractivity contribution in [2.24, 2.45) is 0 Å². The van der Waals surface area contributed by atoms with Crippen LogP contribution in [0.25, 0.3) is 0 Å². The Balaban J connectivity index is 1.63. The normalized spacial score (nSPS) is 21.2. The van der Waals surface area contributed by atoms with E-state index in [4.69, 9.17) is 11.6 Å². The predicted molar refractivity (Wildman–Crippen MR) is 94.3 cm³/mol. The van der Waals surface area contributed by atoms with Crippen LogP contribution in [-0.4, -0.2) is 27.2 Å². The smallest absolute Gasteiger partial charge is 0.313 e. The molecule has 25 heavy (non-hydrogen) atoms. The molecule has 2 aliphatic heterocycles. The number of carbonyl (C=O) groups excluding carboxylic acids is 1. The van der Waals surface area contributed by atoms with Gasteiger partial charge in [0.2, 0.25) is 0 Å². The van der Waals surface area contributed by atoms with Gasteiger partial charge in [0.15, 0.2) is 0 Å². The van der Waals surface area contributed by atoms with E-state index in [9.17, 15) is 14.0 Å². The van der Waals surface area contributed by atoms with Crippen molar-refractivity contribution in [2.75, 3.05) is 5.32 Å². The lowest BCUT2D eigenvalue weighted by molar-refractivity contribution is 0.177. The largest absolute Gasteiger partial charge is 0.322 e. The number of anilines is 1. The number of fused-ring (bicyclic) bond motifs is 4. The maximum absolute atomic E-state index is 14.1. The van der Waals surface area contributed by atoms with Gasteiger partial charge in [-0.1, -0.05) is 11.6 Å². The fourth-order valence-electron chi connectivity index (χ4n) is 3.61. The number of urea groups is 1. The van der Waals surface area contributed by atoms with Crippen LogP contribution >= 0.6 is 27.5 Å². The maximum atomic E-state index is 14.1. The van der Waals surface area contributed by atoms with E-state index in [-0.39, 0.29) is 34.4 Å². The maximum Gasteiger partial charge on any atom is 0.322 e. The molecule has 0 aliphatic carbocycles. The second kappa shape index (κ2) is 6.10. The number of amides is 2. The topological polar surface area (TPSA) is 78.1 Å². The van der Waals surface area contributed by atoms with Gasteiger partial charge < -0.3 is 10.2 Å². The van der Waals surface area contributed by atoms with Crippen LogP contribution in [-0.2, 0) is 6.42 Å². The molecule has 1 fully saturated rings. The van der Waals surface area contributed by atoms with Crippen molar-refractivity contribution in [1.82, 2.24) is 15.1 Å². The SMILES string of the molecule is O=C(Nc1cc(Br)c(Cl)cc1F)N1C2CCC1c1n[nH]c(=O)cc1C2. The Labute approximate surface area is 155 Å². The summed E-state index contributed by atoms with van der Waals surface area (Å²) in [5.41, 5.74) is 1.40. The first-order valence-electron chi connectivity index (χ1n) is 7.76.